The molecule has 4 heteroatoms. The van der Waals surface area contributed by atoms with E-state index in [1.807, 2.05) is 42.5 Å². The summed E-state index contributed by atoms with van der Waals surface area (Å²) in [6, 6.07) is 22.5. The average molecular weight is 490 g/mol. The molecule has 2 aromatic heterocycles. The number of nitrogens with zero attached hydrogens (tertiary/aromatic N) is 2. The highest BCUT2D eigenvalue weighted by Gasteiger charge is 2.23. The Hall–Kier alpha value is -4.75. The average Bonchev–Trinajstić information content (AvgIpc) is 3.38. The van der Waals surface area contributed by atoms with Crippen molar-refractivity contribution in [1.82, 2.24) is 0 Å². The van der Waals surface area contributed by atoms with Gasteiger partial charge >= 0.3 is 0 Å². The van der Waals surface area contributed by atoms with Crippen LogP contribution in [0.3, 0.4) is 0 Å². The van der Waals surface area contributed by atoms with Crippen LogP contribution in [0.1, 0.15) is 24.9 Å². The fraction of sp³-hybridized carbons (Fsp3) is 0.0909. The number of pyridine rings is 1. The Labute approximate surface area is 223 Å². The van der Waals surface area contributed by atoms with Crippen LogP contribution in [0.25, 0.3) is 55.4 Å². The molecule has 0 aliphatic heterocycles. The Kier molecular flexibility index (Phi) is 3.97. The van der Waals surface area contributed by atoms with Gasteiger partial charge in [-0.15, -0.1) is 0 Å². The Morgan fingerprint density at radius 1 is 0.892 bits per heavy atom. The van der Waals surface area contributed by atoms with Crippen LogP contribution in [0, 0.1) is 30.9 Å². The second-order valence-electron chi connectivity index (χ2n) is 8.92. The van der Waals surface area contributed by atoms with Gasteiger partial charge in [-0.05, 0) is 65.8 Å². The lowest BCUT2D eigenvalue weighted by atomic mass is 9.92. The minimum Gasteiger partial charge on any atom is -0.454 e. The first-order valence-corrected chi connectivity index (χ1v) is 11.7. The summed E-state index contributed by atoms with van der Waals surface area (Å²) in [5.41, 5.74) is 4.83. The van der Waals surface area contributed by atoms with Crippen LogP contribution < -0.4 is 4.57 Å². The first-order chi connectivity index (χ1) is 20.4. The Bertz CT molecular complexity index is 2120. The van der Waals surface area contributed by atoms with Crippen molar-refractivity contribution in [2.75, 3.05) is 0 Å². The largest absolute Gasteiger partial charge is 0.454 e. The number of furan rings is 1. The summed E-state index contributed by atoms with van der Waals surface area (Å²) in [7, 11) is 1.47. The maximum absolute atomic E-state index is 14.5. The van der Waals surface area contributed by atoms with Crippen LogP contribution in [0.2, 0.25) is 0 Å². The molecule has 0 fully saturated rings. The molecule has 0 bridgehead atoms. The van der Waals surface area contributed by atoms with Gasteiger partial charge in [0.1, 0.15) is 19.6 Å². The number of halogens is 1. The number of hydrogen-bond acceptors (Lipinski definition) is 2. The van der Waals surface area contributed by atoms with E-state index >= 15 is 0 Å². The first kappa shape index (κ1) is 16.8. The zero-order valence-corrected chi connectivity index (χ0v) is 20.1. The Morgan fingerprint density at radius 2 is 1.62 bits per heavy atom. The van der Waals surface area contributed by atoms with E-state index in [9.17, 15) is 9.65 Å². The summed E-state index contributed by atoms with van der Waals surface area (Å²) in [4.78, 5) is 0. The molecule has 6 rings (SSSR count). The van der Waals surface area contributed by atoms with Crippen LogP contribution in [0.5, 0.6) is 0 Å². The summed E-state index contributed by atoms with van der Waals surface area (Å²) in [6.45, 7) is -0.565. The molecule has 0 radical (unpaired) electrons. The summed E-state index contributed by atoms with van der Waals surface area (Å²) in [5, 5.41) is 11.5. The number of fused-ring (bicyclic) bond motifs is 3. The fourth-order valence-electron chi connectivity index (χ4n) is 4.89. The molecule has 178 valence electrons. The van der Waals surface area contributed by atoms with Crippen molar-refractivity contribution < 1.29 is 21.6 Å². The summed E-state index contributed by atoms with van der Waals surface area (Å²) < 4.78 is 71.5. The van der Waals surface area contributed by atoms with Crippen LogP contribution in [-0.2, 0) is 7.05 Å². The molecule has 0 spiro atoms. The van der Waals surface area contributed by atoms with Gasteiger partial charge in [0.25, 0.3) is 0 Å². The standard InChI is InChI=1S/C33H24FN2O/c1-20-9-11-23(17-28(20)22-7-5-4-6-8-22)31-24(18-35)12-15-27-26-14-10-21(2)30(32(26)37-33(27)31)29-16-13-25(34)19-36(29)3/h4-17,19H,1-3H3/q+1/i1D3,13D,16D,19D. The smallest absolute Gasteiger partial charge is 0.216 e. The normalized spacial score (nSPS) is 13.9. The van der Waals surface area contributed by atoms with Gasteiger partial charge in [0.2, 0.25) is 11.9 Å². The molecule has 37 heavy (non-hydrogen) atoms. The summed E-state index contributed by atoms with van der Waals surface area (Å²) in [6.07, 6.45) is -0.529. The second kappa shape index (κ2) is 8.72. The van der Waals surface area contributed by atoms with Crippen molar-refractivity contribution in [2.24, 2.45) is 7.05 Å². The van der Waals surface area contributed by atoms with Crippen molar-refractivity contribution in [3.8, 4) is 39.6 Å². The topological polar surface area (TPSA) is 40.8 Å². The molecule has 0 aliphatic rings. The predicted molar refractivity (Wildman–Crippen MR) is 145 cm³/mol. The molecule has 4 aromatic carbocycles. The number of benzene rings is 4. The van der Waals surface area contributed by atoms with E-state index < -0.39 is 24.9 Å². The van der Waals surface area contributed by atoms with Crippen molar-refractivity contribution >= 4 is 21.9 Å². The van der Waals surface area contributed by atoms with Crippen molar-refractivity contribution in [3.05, 3.63) is 114 Å². The monoisotopic (exact) mass is 489 g/mol. The molecule has 0 aliphatic carbocycles. The maximum atomic E-state index is 14.5. The predicted octanol–water partition coefficient (Wildman–Crippen LogP) is 8.04. The number of nitriles is 1. The molecule has 0 N–H and O–H groups in total. The van der Waals surface area contributed by atoms with E-state index in [4.69, 9.17) is 12.6 Å². The van der Waals surface area contributed by atoms with E-state index in [0.717, 1.165) is 0 Å². The van der Waals surface area contributed by atoms with Gasteiger partial charge in [0, 0.05) is 26.5 Å². The maximum Gasteiger partial charge on any atom is 0.216 e. The second-order valence-corrected chi connectivity index (χ2v) is 8.92. The molecule has 0 saturated carbocycles. The third-order valence-corrected chi connectivity index (χ3v) is 6.66. The zero-order valence-electron chi connectivity index (χ0n) is 26.1. The van der Waals surface area contributed by atoms with Crippen molar-refractivity contribution in [1.29, 1.82) is 5.26 Å². The number of aromatic nitrogens is 1. The number of rotatable bonds is 3. The van der Waals surface area contributed by atoms with Crippen LogP contribution in [0.4, 0.5) is 4.39 Å². The van der Waals surface area contributed by atoms with Crippen LogP contribution in [-0.4, -0.2) is 0 Å². The molecule has 0 unspecified atom stereocenters. The summed E-state index contributed by atoms with van der Waals surface area (Å²) >= 11 is 0. The Morgan fingerprint density at radius 3 is 2.38 bits per heavy atom. The van der Waals surface area contributed by atoms with Gasteiger partial charge in [-0.25, -0.2) is 4.39 Å². The molecule has 2 heterocycles. The molecule has 0 saturated heterocycles. The van der Waals surface area contributed by atoms with Gasteiger partial charge in [-0.3, -0.25) is 0 Å². The quantitative estimate of drug-likeness (QED) is 0.236. The first-order valence-electron chi connectivity index (χ1n) is 14.7. The molecule has 0 amide bonds. The van der Waals surface area contributed by atoms with Gasteiger partial charge in [0.15, 0.2) is 5.82 Å². The Balaban J connectivity index is 1.71. The lowest BCUT2D eigenvalue weighted by molar-refractivity contribution is -0.661. The van der Waals surface area contributed by atoms with E-state index in [0.29, 0.717) is 60.9 Å². The molecule has 6 aromatic rings. The van der Waals surface area contributed by atoms with Crippen molar-refractivity contribution in [3.63, 3.8) is 0 Å². The number of aryl methyl sites for hydroxylation is 2. The molecular weight excluding hydrogens is 459 g/mol. The van der Waals surface area contributed by atoms with E-state index in [-0.39, 0.29) is 17.3 Å². The highest BCUT2D eigenvalue weighted by Crippen LogP contribution is 2.42. The van der Waals surface area contributed by atoms with E-state index in [2.05, 4.69) is 6.07 Å². The van der Waals surface area contributed by atoms with Crippen LogP contribution in [0.15, 0.2) is 95.5 Å². The molecule has 3 nitrogen and oxygen atoms in total. The third-order valence-electron chi connectivity index (χ3n) is 6.66. The highest BCUT2D eigenvalue weighted by molar-refractivity contribution is 6.14. The SMILES string of the molecule is [2H]c1c([2H])c(-c2c(C)ccc3c2oc2c(-c4ccc(C([2H])([2H])[2H])c(-c5ccccc5)c4)c(C#N)ccc23)[n+](C)c([2H])c1F. The van der Waals surface area contributed by atoms with Crippen molar-refractivity contribution in [2.45, 2.75) is 13.8 Å². The lowest BCUT2D eigenvalue weighted by Gasteiger charge is -2.11. The third kappa shape index (κ3) is 3.68. The summed E-state index contributed by atoms with van der Waals surface area (Å²) in [5.74, 6) is -1.08. The highest BCUT2D eigenvalue weighted by atomic mass is 19.1. The van der Waals surface area contributed by atoms with Gasteiger partial charge in [-0.1, -0.05) is 54.6 Å². The van der Waals surface area contributed by atoms with Gasteiger partial charge in [-0.2, -0.15) is 9.83 Å². The zero-order chi connectivity index (χ0) is 30.8. The minimum absolute atomic E-state index is 0.161. The van der Waals surface area contributed by atoms with Gasteiger partial charge in [0.05, 0.1) is 19.9 Å². The molecular formula is C33H24FN2O+. The number of hydrogen-bond donors (Lipinski definition) is 0. The van der Waals surface area contributed by atoms with E-state index in [1.165, 1.54) is 11.6 Å². The molecule has 0 atom stereocenters. The fourth-order valence-corrected chi connectivity index (χ4v) is 4.89. The lowest BCUT2D eigenvalue weighted by Crippen LogP contribution is -2.31. The van der Waals surface area contributed by atoms with Crippen LogP contribution >= 0.6 is 0 Å². The van der Waals surface area contributed by atoms with E-state index in [1.54, 1.807) is 37.3 Å². The van der Waals surface area contributed by atoms with Gasteiger partial charge < -0.3 is 4.42 Å². The minimum atomic E-state index is -2.37.